The highest BCUT2D eigenvalue weighted by atomic mass is 35.5. The maximum absolute atomic E-state index is 13.7. The summed E-state index contributed by atoms with van der Waals surface area (Å²) in [5.74, 6) is 1.75. The van der Waals surface area contributed by atoms with Gasteiger partial charge in [0, 0.05) is 23.9 Å². The molecular weight excluding hydrogens is 899 g/mol. The lowest BCUT2D eigenvalue weighted by molar-refractivity contribution is 0.306. The van der Waals surface area contributed by atoms with Crippen LogP contribution in [0.25, 0.3) is 22.2 Å². The van der Waals surface area contributed by atoms with Crippen molar-refractivity contribution in [1.82, 2.24) is 15.3 Å². The quantitative estimate of drug-likeness (QED) is 0.0637. The minimum Gasteiger partial charge on any atom is -0.487 e. The molecule has 0 fully saturated rings. The van der Waals surface area contributed by atoms with Crippen LogP contribution in [0.3, 0.4) is 0 Å². The van der Waals surface area contributed by atoms with Crippen molar-refractivity contribution in [1.29, 1.82) is 0 Å². The summed E-state index contributed by atoms with van der Waals surface area (Å²) in [4.78, 5) is 8.57. The molecule has 0 saturated heterocycles. The zero-order chi connectivity index (χ0) is 45.1. The Labute approximate surface area is 369 Å². The van der Waals surface area contributed by atoms with Crippen LogP contribution in [-0.2, 0) is 43.2 Å². The molecule has 6 N–H and O–H groups in total. The standard InChI is InChI=1S/C29H26ClFN4O4S.2C7H8O3S.H2O/c1-40(36,37)12-11-32-16-22-9-10-27(39-22)24-14-21(35-29-23-7-2-3-8-26(23)33-18-34-29)15-25(30)28(24)38-17-19-5-4-6-20(31)13-19;2*1-6-2-4-7(5-3-6)11(8,9)10;/h2-10,13-15,18,32H,11-12,16-17H2,1H3,(H,33,34,35);2*2-5H,1H3,(H,8,9,10);1H2. The molecule has 2 heterocycles. The lowest BCUT2D eigenvalue weighted by atomic mass is 10.1. The molecule has 0 spiro atoms. The van der Waals surface area contributed by atoms with Crippen molar-refractivity contribution in [2.75, 3.05) is 23.9 Å². The lowest BCUT2D eigenvalue weighted by Crippen LogP contribution is -2.21. The highest BCUT2D eigenvalue weighted by Gasteiger charge is 2.18. The molecule has 0 aliphatic carbocycles. The van der Waals surface area contributed by atoms with Gasteiger partial charge in [-0.1, -0.05) is 71.3 Å². The Morgan fingerprint density at radius 3 is 1.97 bits per heavy atom. The van der Waals surface area contributed by atoms with E-state index in [-0.39, 0.29) is 33.4 Å². The summed E-state index contributed by atoms with van der Waals surface area (Å²) in [5, 5.41) is 7.55. The van der Waals surface area contributed by atoms with E-state index in [4.69, 9.17) is 29.9 Å². The van der Waals surface area contributed by atoms with Crippen molar-refractivity contribution in [3.05, 3.63) is 161 Å². The van der Waals surface area contributed by atoms with E-state index in [2.05, 4.69) is 20.6 Å². The number of nitrogens with one attached hydrogen (secondary N) is 2. The minimum atomic E-state index is -4.02. The molecule has 0 atom stereocenters. The van der Waals surface area contributed by atoms with Crippen LogP contribution in [0.1, 0.15) is 22.5 Å². The average molecular weight is 943 g/mol. The summed E-state index contributed by atoms with van der Waals surface area (Å²) in [6.07, 6.45) is 2.68. The second-order valence-electron chi connectivity index (χ2n) is 13.8. The van der Waals surface area contributed by atoms with Gasteiger partial charge in [0.25, 0.3) is 20.2 Å². The highest BCUT2D eigenvalue weighted by molar-refractivity contribution is 7.90. The van der Waals surface area contributed by atoms with Crippen LogP contribution in [-0.4, -0.2) is 68.4 Å². The molecule has 63 heavy (non-hydrogen) atoms. The van der Waals surface area contributed by atoms with Gasteiger partial charge in [-0.25, -0.2) is 22.8 Å². The van der Waals surface area contributed by atoms with E-state index in [9.17, 15) is 29.6 Å². The van der Waals surface area contributed by atoms with Gasteiger partial charge in [-0.2, -0.15) is 16.8 Å². The molecule has 0 saturated carbocycles. The van der Waals surface area contributed by atoms with Gasteiger partial charge in [0.05, 0.1) is 38.2 Å². The third-order valence-corrected chi connectivity index (χ3v) is 11.6. The van der Waals surface area contributed by atoms with Crippen LogP contribution in [0.15, 0.2) is 142 Å². The predicted molar refractivity (Wildman–Crippen MR) is 240 cm³/mol. The number of para-hydroxylation sites is 1. The molecular formula is C43H44ClFN4O11S3. The van der Waals surface area contributed by atoms with Crippen molar-refractivity contribution < 1.29 is 53.4 Å². The largest absolute Gasteiger partial charge is 0.487 e. The number of sulfone groups is 1. The maximum Gasteiger partial charge on any atom is 0.294 e. The molecule has 0 unspecified atom stereocenters. The zero-order valence-corrected chi connectivity index (χ0v) is 37.2. The first-order chi connectivity index (χ1) is 29.2. The fourth-order valence-electron chi connectivity index (χ4n) is 5.53. The van der Waals surface area contributed by atoms with Crippen LogP contribution in [0.5, 0.6) is 5.75 Å². The van der Waals surface area contributed by atoms with E-state index >= 15 is 0 Å². The first-order valence-electron chi connectivity index (χ1n) is 18.5. The second-order valence-corrected chi connectivity index (χ2v) is 19.3. The number of ether oxygens (including phenoxy) is 1. The summed E-state index contributed by atoms with van der Waals surface area (Å²) in [6, 6.07) is 32.9. The topological polar surface area (TPSA) is 247 Å². The average Bonchev–Trinajstić information content (AvgIpc) is 3.68. The Bertz CT molecular complexity index is 2890. The first-order valence-corrected chi connectivity index (χ1v) is 23.8. The first kappa shape index (κ1) is 49.9. The van der Waals surface area contributed by atoms with Gasteiger partial charge in [-0.15, -0.1) is 0 Å². The Morgan fingerprint density at radius 2 is 1.38 bits per heavy atom. The Morgan fingerprint density at radius 1 is 0.762 bits per heavy atom. The number of hydrogen-bond acceptors (Lipinski definition) is 12. The van der Waals surface area contributed by atoms with Crippen LogP contribution in [0.4, 0.5) is 15.9 Å². The molecule has 15 nitrogen and oxygen atoms in total. The van der Waals surface area contributed by atoms with E-state index in [1.54, 1.807) is 54.6 Å². The maximum atomic E-state index is 13.7. The number of benzene rings is 5. The third kappa shape index (κ3) is 15.5. The molecule has 20 heteroatoms. The van der Waals surface area contributed by atoms with Crippen LogP contribution >= 0.6 is 11.6 Å². The lowest BCUT2D eigenvalue weighted by Gasteiger charge is -2.16. The van der Waals surface area contributed by atoms with Gasteiger partial charge >= 0.3 is 0 Å². The summed E-state index contributed by atoms with van der Waals surface area (Å²) in [6.45, 7) is 4.42. The summed E-state index contributed by atoms with van der Waals surface area (Å²) in [7, 11) is -11.1. The monoisotopic (exact) mass is 942 g/mol. The Hall–Kier alpha value is -5.77. The zero-order valence-electron chi connectivity index (χ0n) is 34.0. The van der Waals surface area contributed by atoms with Crippen LogP contribution < -0.4 is 15.4 Å². The van der Waals surface area contributed by atoms with Crippen molar-refractivity contribution >= 4 is 64.1 Å². The number of halogens is 2. The van der Waals surface area contributed by atoms with E-state index in [0.29, 0.717) is 58.0 Å². The molecule has 0 aliphatic rings. The van der Waals surface area contributed by atoms with E-state index in [1.807, 2.05) is 44.2 Å². The molecule has 0 bridgehead atoms. The molecule has 7 aromatic rings. The number of aromatic nitrogens is 2. The van der Waals surface area contributed by atoms with Gasteiger partial charge in [-0.3, -0.25) is 9.11 Å². The summed E-state index contributed by atoms with van der Waals surface area (Å²) in [5.41, 5.74) is 4.57. The van der Waals surface area contributed by atoms with E-state index in [0.717, 1.165) is 22.0 Å². The van der Waals surface area contributed by atoms with Gasteiger partial charge in [0.15, 0.2) is 0 Å². The molecule has 5 aromatic carbocycles. The summed E-state index contributed by atoms with van der Waals surface area (Å²) < 4.78 is 108. The molecule has 334 valence electrons. The molecule has 2 aromatic heterocycles. The number of aryl methyl sites for hydroxylation is 2. The van der Waals surface area contributed by atoms with Gasteiger partial charge in [0.2, 0.25) is 0 Å². The SMILES string of the molecule is CS(=O)(=O)CCNCc1ccc(-c2cc(Nc3ncnc4ccccc34)cc(Cl)c2OCc2cccc(F)c2)o1.Cc1ccc(S(=O)(=O)O)cc1.Cc1ccc(S(=O)(=O)O)cc1.O. The Balaban J connectivity index is 0.000000308. The number of fused-ring (bicyclic) bond motifs is 1. The fraction of sp³-hybridized carbons (Fsp3) is 0.163. The van der Waals surface area contributed by atoms with Gasteiger partial charge < -0.3 is 25.3 Å². The third-order valence-electron chi connectivity index (χ3n) is 8.64. The number of anilines is 2. The molecule has 7 rings (SSSR count). The smallest absolute Gasteiger partial charge is 0.294 e. The van der Waals surface area contributed by atoms with E-state index < -0.39 is 30.1 Å². The van der Waals surface area contributed by atoms with Crippen molar-refractivity contribution in [3.8, 4) is 17.1 Å². The Kier molecular flexibility index (Phi) is 17.4. The number of furan rings is 1. The van der Waals surface area contributed by atoms with Crippen LogP contribution in [0.2, 0.25) is 5.02 Å². The minimum absolute atomic E-state index is 0. The molecule has 0 radical (unpaired) electrons. The number of rotatable bonds is 13. The molecule has 0 aliphatic heterocycles. The fourth-order valence-corrected chi connectivity index (χ4v) is 7.28. The second kappa shape index (κ2) is 22.0. The van der Waals surface area contributed by atoms with Crippen molar-refractivity contribution in [2.45, 2.75) is 36.8 Å². The number of hydrogen-bond donors (Lipinski definition) is 4. The van der Waals surface area contributed by atoms with Crippen molar-refractivity contribution in [2.24, 2.45) is 0 Å². The van der Waals surface area contributed by atoms with Crippen molar-refractivity contribution in [3.63, 3.8) is 0 Å². The van der Waals surface area contributed by atoms with Gasteiger partial charge in [0.1, 0.15) is 51.7 Å². The van der Waals surface area contributed by atoms with Crippen LogP contribution in [0, 0.1) is 19.7 Å². The predicted octanol–water partition coefficient (Wildman–Crippen LogP) is 7.80. The normalized spacial score (nSPS) is 11.3. The molecule has 0 amide bonds. The van der Waals surface area contributed by atoms with Gasteiger partial charge in [-0.05, 0) is 92.2 Å². The summed E-state index contributed by atoms with van der Waals surface area (Å²) >= 11 is 6.74. The highest BCUT2D eigenvalue weighted by Crippen LogP contribution is 2.41. The van der Waals surface area contributed by atoms with E-state index in [1.165, 1.54) is 49.0 Å². The number of nitrogens with zero attached hydrogens (tertiary/aromatic N) is 2.